The Balaban J connectivity index is 1.62. The average molecular weight is 350 g/mol. The van der Waals surface area contributed by atoms with E-state index in [9.17, 15) is 13.6 Å². The van der Waals surface area contributed by atoms with Crippen molar-refractivity contribution in [3.05, 3.63) is 59.7 Å². The molecule has 7 heteroatoms. The molecule has 2 aromatic rings. The molecule has 134 valence electrons. The molecule has 25 heavy (non-hydrogen) atoms. The Morgan fingerprint density at radius 2 is 1.64 bits per heavy atom. The van der Waals surface area contributed by atoms with Gasteiger partial charge in [-0.15, -0.1) is 0 Å². The first-order chi connectivity index (χ1) is 12.0. The monoisotopic (exact) mass is 350 g/mol. The highest BCUT2D eigenvalue weighted by Gasteiger charge is 2.04. The zero-order valence-electron chi connectivity index (χ0n) is 13.8. The summed E-state index contributed by atoms with van der Waals surface area (Å²) in [5.74, 6) is 0.829. The molecule has 0 aromatic heterocycles. The maximum absolute atomic E-state index is 12.1. The van der Waals surface area contributed by atoms with Gasteiger partial charge in [0.2, 0.25) is 0 Å². The van der Waals surface area contributed by atoms with Gasteiger partial charge < -0.3 is 20.1 Å². The molecule has 0 atom stereocenters. The molecule has 2 N–H and O–H groups in total. The molecule has 0 radical (unpaired) electrons. The van der Waals surface area contributed by atoms with E-state index in [2.05, 4.69) is 15.4 Å². The summed E-state index contributed by atoms with van der Waals surface area (Å²) in [4.78, 5) is 11.7. The number of hydrogen-bond acceptors (Lipinski definition) is 3. The van der Waals surface area contributed by atoms with E-state index < -0.39 is 6.61 Å². The van der Waals surface area contributed by atoms with Crippen molar-refractivity contribution in [1.82, 2.24) is 10.6 Å². The Labute approximate surface area is 144 Å². The third-order valence-corrected chi connectivity index (χ3v) is 3.28. The fourth-order valence-electron chi connectivity index (χ4n) is 2.00. The number of carbonyl (C=O) groups excluding carboxylic acids is 1. The lowest BCUT2D eigenvalue weighted by atomic mass is 10.2. The summed E-state index contributed by atoms with van der Waals surface area (Å²) >= 11 is 0. The van der Waals surface area contributed by atoms with Crippen LogP contribution in [0.15, 0.2) is 48.5 Å². The minimum atomic E-state index is -2.85. The summed E-state index contributed by atoms with van der Waals surface area (Å²) in [6, 6.07) is 13.4. The van der Waals surface area contributed by atoms with E-state index in [4.69, 9.17) is 4.74 Å². The smallest absolute Gasteiger partial charge is 0.387 e. The highest BCUT2D eigenvalue weighted by molar-refractivity contribution is 5.73. The van der Waals surface area contributed by atoms with E-state index in [-0.39, 0.29) is 18.3 Å². The molecule has 0 bridgehead atoms. The highest BCUT2D eigenvalue weighted by Crippen LogP contribution is 2.14. The molecule has 0 unspecified atom stereocenters. The van der Waals surface area contributed by atoms with Gasteiger partial charge in [0, 0.05) is 6.54 Å². The molecule has 2 amide bonds. The zero-order valence-corrected chi connectivity index (χ0v) is 13.8. The van der Waals surface area contributed by atoms with Gasteiger partial charge in [0.25, 0.3) is 0 Å². The van der Waals surface area contributed by atoms with Gasteiger partial charge in [-0.25, -0.2) is 4.79 Å². The fraction of sp³-hybridized carbons (Fsp3) is 0.278. The number of amides is 2. The zero-order chi connectivity index (χ0) is 18.1. The minimum absolute atomic E-state index is 0.0801. The first-order valence-corrected chi connectivity index (χ1v) is 7.78. The quantitative estimate of drug-likeness (QED) is 0.717. The van der Waals surface area contributed by atoms with E-state index in [0.717, 1.165) is 16.9 Å². The number of nitrogens with one attached hydrogen (secondary N) is 2. The standard InChI is InChI=1S/C18H20F2N2O3/c1-13-2-6-15(7-3-13)24-11-10-21-18(23)22-12-14-4-8-16(9-5-14)25-17(19)20/h2-9,17H,10-12H2,1H3,(H2,21,22,23). The van der Waals surface area contributed by atoms with E-state index in [0.29, 0.717) is 13.2 Å². The predicted molar refractivity (Wildman–Crippen MR) is 90.0 cm³/mol. The van der Waals surface area contributed by atoms with Crippen molar-refractivity contribution in [2.75, 3.05) is 13.2 Å². The third-order valence-electron chi connectivity index (χ3n) is 3.28. The van der Waals surface area contributed by atoms with Gasteiger partial charge in [0.1, 0.15) is 18.1 Å². The van der Waals surface area contributed by atoms with Crippen LogP contribution in [0.1, 0.15) is 11.1 Å². The van der Waals surface area contributed by atoms with E-state index in [1.54, 1.807) is 12.1 Å². The van der Waals surface area contributed by atoms with Gasteiger partial charge in [-0.2, -0.15) is 8.78 Å². The van der Waals surface area contributed by atoms with Crippen LogP contribution in [0.5, 0.6) is 11.5 Å². The van der Waals surface area contributed by atoms with Crippen molar-refractivity contribution in [2.24, 2.45) is 0 Å². The van der Waals surface area contributed by atoms with E-state index in [1.165, 1.54) is 12.1 Å². The molecule has 0 aliphatic heterocycles. The Morgan fingerprint density at radius 1 is 1.00 bits per heavy atom. The number of urea groups is 1. The number of carbonyl (C=O) groups is 1. The molecule has 0 saturated carbocycles. The lowest BCUT2D eigenvalue weighted by Crippen LogP contribution is -2.37. The molecule has 0 heterocycles. The highest BCUT2D eigenvalue weighted by atomic mass is 19.3. The molecule has 5 nitrogen and oxygen atoms in total. The van der Waals surface area contributed by atoms with Crippen LogP contribution in [-0.2, 0) is 6.54 Å². The Bertz CT molecular complexity index is 661. The van der Waals surface area contributed by atoms with Crippen molar-refractivity contribution in [2.45, 2.75) is 20.1 Å². The molecule has 0 aliphatic carbocycles. The van der Waals surface area contributed by atoms with Crippen LogP contribution in [0.3, 0.4) is 0 Å². The second-order valence-electron chi connectivity index (χ2n) is 5.29. The Morgan fingerprint density at radius 3 is 2.28 bits per heavy atom. The number of hydrogen-bond donors (Lipinski definition) is 2. The maximum Gasteiger partial charge on any atom is 0.387 e. The topological polar surface area (TPSA) is 59.6 Å². The SMILES string of the molecule is Cc1ccc(OCCNC(=O)NCc2ccc(OC(F)F)cc2)cc1. The normalized spacial score (nSPS) is 10.4. The number of ether oxygens (including phenoxy) is 2. The van der Waals surface area contributed by atoms with Crippen molar-refractivity contribution >= 4 is 6.03 Å². The van der Waals surface area contributed by atoms with Gasteiger partial charge in [0.05, 0.1) is 6.54 Å². The summed E-state index contributed by atoms with van der Waals surface area (Å²) < 4.78 is 33.9. The summed E-state index contributed by atoms with van der Waals surface area (Å²) in [5, 5.41) is 5.34. The van der Waals surface area contributed by atoms with E-state index >= 15 is 0 Å². The molecule has 0 spiro atoms. The van der Waals surface area contributed by atoms with Crippen LogP contribution in [0.25, 0.3) is 0 Å². The fourth-order valence-corrected chi connectivity index (χ4v) is 2.00. The number of alkyl halides is 2. The van der Waals surface area contributed by atoms with Crippen molar-refractivity contribution in [3.63, 3.8) is 0 Å². The molecular weight excluding hydrogens is 330 g/mol. The molecule has 0 fully saturated rings. The van der Waals surface area contributed by atoms with Crippen LogP contribution >= 0.6 is 0 Å². The van der Waals surface area contributed by atoms with Gasteiger partial charge >= 0.3 is 12.6 Å². The first kappa shape index (κ1) is 18.5. The summed E-state index contributed by atoms with van der Waals surface area (Å²) in [6.07, 6.45) is 0. The van der Waals surface area contributed by atoms with Crippen molar-refractivity contribution < 1.29 is 23.0 Å². The number of aryl methyl sites for hydroxylation is 1. The summed E-state index contributed by atoms with van der Waals surface area (Å²) in [6.45, 7) is 0.142. The Kier molecular flexibility index (Phi) is 7.00. The second kappa shape index (κ2) is 9.46. The van der Waals surface area contributed by atoms with Gasteiger partial charge in [-0.05, 0) is 36.8 Å². The van der Waals surface area contributed by atoms with Crippen LogP contribution in [-0.4, -0.2) is 25.8 Å². The van der Waals surface area contributed by atoms with Gasteiger partial charge in [-0.3, -0.25) is 0 Å². The largest absolute Gasteiger partial charge is 0.492 e. The molecule has 0 saturated heterocycles. The second-order valence-corrected chi connectivity index (χ2v) is 5.29. The Hall–Kier alpha value is -2.83. The van der Waals surface area contributed by atoms with Crippen LogP contribution < -0.4 is 20.1 Å². The van der Waals surface area contributed by atoms with Crippen molar-refractivity contribution in [1.29, 1.82) is 0 Å². The third kappa shape index (κ3) is 7.07. The predicted octanol–water partition coefficient (Wildman–Crippen LogP) is 3.47. The van der Waals surface area contributed by atoms with E-state index in [1.807, 2.05) is 31.2 Å². The maximum atomic E-state index is 12.1. The molecule has 2 aromatic carbocycles. The first-order valence-electron chi connectivity index (χ1n) is 7.78. The van der Waals surface area contributed by atoms with Gasteiger partial charge in [0.15, 0.2) is 0 Å². The minimum Gasteiger partial charge on any atom is -0.492 e. The van der Waals surface area contributed by atoms with Crippen molar-refractivity contribution in [3.8, 4) is 11.5 Å². The lowest BCUT2D eigenvalue weighted by molar-refractivity contribution is -0.0498. The molecular formula is C18H20F2N2O3. The van der Waals surface area contributed by atoms with Crippen LogP contribution in [0.2, 0.25) is 0 Å². The average Bonchev–Trinajstić information content (AvgIpc) is 2.59. The van der Waals surface area contributed by atoms with Crippen LogP contribution in [0, 0.1) is 6.92 Å². The molecule has 0 aliphatic rings. The van der Waals surface area contributed by atoms with Crippen LogP contribution in [0.4, 0.5) is 13.6 Å². The number of halogens is 2. The summed E-state index contributed by atoms with van der Waals surface area (Å²) in [7, 11) is 0. The number of rotatable bonds is 8. The lowest BCUT2D eigenvalue weighted by Gasteiger charge is -2.10. The summed E-state index contributed by atoms with van der Waals surface area (Å²) in [5.41, 5.74) is 1.92. The molecule has 2 rings (SSSR count). The van der Waals surface area contributed by atoms with Gasteiger partial charge in [-0.1, -0.05) is 29.8 Å². The number of benzene rings is 2.